The molecule has 1 amide bonds. The molecule has 0 saturated heterocycles. The zero-order valence-electron chi connectivity index (χ0n) is 10.5. The van der Waals surface area contributed by atoms with Gasteiger partial charge in [-0.2, -0.15) is 0 Å². The van der Waals surface area contributed by atoms with Crippen molar-refractivity contribution >= 4 is 29.2 Å². The summed E-state index contributed by atoms with van der Waals surface area (Å²) in [6, 6.07) is 13.6. The maximum absolute atomic E-state index is 11.7. The highest BCUT2D eigenvalue weighted by molar-refractivity contribution is 7.99. The van der Waals surface area contributed by atoms with Crippen LogP contribution in [-0.2, 0) is 6.42 Å². The van der Waals surface area contributed by atoms with Gasteiger partial charge in [-0.05, 0) is 30.2 Å². The minimum absolute atomic E-state index is 0.744. The number of aryl methyl sites for hydroxylation is 1. The topological polar surface area (TPSA) is 40.5 Å². The number of anilines is 2. The SMILES string of the molecule is CCc1cccc2c1N(C(=O)O)c1ccccc1S2. The molecule has 0 radical (unpaired) electrons. The number of benzene rings is 2. The average Bonchev–Trinajstić information content (AvgIpc) is 2.43. The molecule has 3 rings (SSSR count). The second-order valence-corrected chi connectivity index (χ2v) is 5.39. The summed E-state index contributed by atoms with van der Waals surface area (Å²) in [6.45, 7) is 2.04. The summed E-state index contributed by atoms with van der Waals surface area (Å²) in [6.07, 6.45) is -0.120. The molecule has 1 N–H and O–H groups in total. The third kappa shape index (κ3) is 1.88. The summed E-state index contributed by atoms with van der Waals surface area (Å²) in [5.74, 6) is 0. The van der Waals surface area contributed by atoms with Crippen LogP contribution in [0.5, 0.6) is 0 Å². The second kappa shape index (κ2) is 4.63. The van der Waals surface area contributed by atoms with E-state index >= 15 is 0 Å². The molecular formula is C15H13NO2S. The average molecular weight is 271 g/mol. The summed E-state index contributed by atoms with van der Waals surface area (Å²) in [7, 11) is 0. The molecule has 1 aliphatic heterocycles. The number of hydrogen-bond donors (Lipinski definition) is 1. The van der Waals surface area contributed by atoms with E-state index < -0.39 is 6.09 Å². The van der Waals surface area contributed by atoms with Gasteiger partial charge in [0.2, 0.25) is 0 Å². The van der Waals surface area contributed by atoms with Crippen LogP contribution in [0.15, 0.2) is 52.3 Å². The largest absolute Gasteiger partial charge is 0.464 e. The Hall–Kier alpha value is -1.94. The highest BCUT2D eigenvalue weighted by atomic mass is 32.2. The molecule has 3 nitrogen and oxygen atoms in total. The molecule has 4 heteroatoms. The number of carbonyl (C=O) groups is 1. The van der Waals surface area contributed by atoms with Crippen molar-refractivity contribution in [3.8, 4) is 0 Å². The van der Waals surface area contributed by atoms with E-state index in [4.69, 9.17) is 0 Å². The number of hydrogen-bond acceptors (Lipinski definition) is 2. The molecule has 2 aromatic carbocycles. The van der Waals surface area contributed by atoms with Crippen molar-refractivity contribution in [1.29, 1.82) is 0 Å². The quantitative estimate of drug-likeness (QED) is 0.828. The molecule has 0 fully saturated rings. The molecule has 1 heterocycles. The van der Waals surface area contributed by atoms with Crippen LogP contribution < -0.4 is 4.90 Å². The van der Waals surface area contributed by atoms with E-state index in [1.165, 1.54) is 4.90 Å². The van der Waals surface area contributed by atoms with Gasteiger partial charge in [-0.15, -0.1) is 0 Å². The van der Waals surface area contributed by atoms with Crippen molar-refractivity contribution in [2.75, 3.05) is 4.90 Å². The number of para-hydroxylation sites is 2. The van der Waals surface area contributed by atoms with Crippen molar-refractivity contribution in [1.82, 2.24) is 0 Å². The lowest BCUT2D eigenvalue weighted by Gasteiger charge is -2.30. The van der Waals surface area contributed by atoms with Crippen molar-refractivity contribution < 1.29 is 9.90 Å². The number of rotatable bonds is 1. The Bertz CT molecular complexity index is 654. The molecule has 0 unspecified atom stereocenters. The summed E-state index contributed by atoms with van der Waals surface area (Å²) in [4.78, 5) is 15.0. The summed E-state index contributed by atoms with van der Waals surface area (Å²) >= 11 is 1.63. The zero-order valence-corrected chi connectivity index (χ0v) is 11.3. The number of carboxylic acid groups (broad SMARTS) is 1. The van der Waals surface area contributed by atoms with Gasteiger partial charge >= 0.3 is 6.09 Å². The van der Waals surface area contributed by atoms with Crippen LogP contribution in [-0.4, -0.2) is 11.2 Å². The third-order valence-electron chi connectivity index (χ3n) is 3.20. The molecule has 0 saturated carbocycles. The lowest BCUT2D eigenvalue weighted by molar-refractivity contribution is 0.204. The van der Waals surface area contributed by atoms with Crippen LogP contribution in [0.4, 0.5) is 16.2 Å². The Balaban J connectivity index is 2.27. The molecule has 19 heavy (non-hydrogen) atoms. The Morgan fingerprint density at radius 1 is 1.16 bits per heavy atom. The predicted octanol–water partition coefficient (Wildman–Crippen LogP) is 4.53. The maximum atomic E-state index is 11.7. The van der Waals surface area contributed by atoms with Crippen molar-refractivity contribution in [2.45, 2.75) is 23.1 Å². The van der Waals surface area contributed by atoms with Crippen molar-refractivity contribution in [3.63, 3.8) is 0 Å². The first kappa shape index (κ1) is 12.1. The minimum atomic E-state index is -0.935. The smallest absolute Gasteiger partial charge is 0.416 e. The first-order valence-corrected chi connectivity index (χ1v) is 6.96. The van der Waals surface area contributed by atoms with Gasteiger partial charge in [-0.1, -0.05) is 43.0 Å². The molecule has 96 valence electrons. The van der Waals surface area contributed by atoms with E-state index in [0.29, 0.717) is 0 Å². The van der Waals surface area contributed by atoms with Gasteiger partial charge in [0.1, 0.15) is 0 Å². The van der Waals surface area contributed by atoms with Gasteiger partial charge in [0.15, 0.2) is 0 Å². The molecule has 1 aliphatic rings. The Morgan fingerprint density at radius 3 is 2.63 bits per heavy atom. The lowest BCUT2D eigenvalue weighted by Crippen LogP contribution is -2.27. The van der Waals surface area contributed by atoms with E-state index in [0.717, 1.165) is 33.2 Å². The number of nitrogens with zero attached hydrogens (tertiary/aromatic N) is 1. The first-order chi connectivity index (χ1) is 9.22. The van der Waals surface area contributed by atoms with Crippen LogP contribution in [0.2, 0.25) is 0 Å². The van der Waals surface area contributed by atoms with Gasteiger partial charge in [0.25, 0.3) is 0 Å². The number of amides is 1. The lowest BCUT2D eigenvalue weighted by atomic mass is 10.1. The van der Waals surface area contributed by atoms with E-state index in [1.807, 2.05) is 49.4 Å². The van der Waals surface area contributed by atoms with Crippen LogP contribution in [0.3, 0.4) is 0 Å². The highest BCUT2D eigenvalue weighted by Gasteiger charge is 2.29. The molecule has 0 bridgehead atoms. The fourth-order valence-electron chi connectivity index (χ4n) is 2.36. The van der Waals surface area contributed by atoms with Crippen LogP contribution in [0, 0.1) is 0 Å². The Morgan fingerprint density at radius 2 is 1.89 bits per heavy atom. The van der Waals surface area contributed by atoms with E-state index in [-0.39, 0.29) is 0 Å². The van der Waals surface area contributed by atoms with Crippen molar-refractivity contribution in [2.24, 2.45) is 0 Å². The fraction of sp³-hybridized carbons (Fsp3) is 0.133. The standard InChI is InChI=1S/C15H13NO2S/c1-2-10-6-5-9-13-14(10)16(15(17)18)11-7-3-4-8-12(11)19-13/h3-9H,2H2,1H3,(H,17,18). The van der Waals surface area contributed by atoms with Crippen LogP contribution in [0.1, 0.15) is 12.5 Å². The highest BCUT2D eigenvalue weighted by Crippen LogP contribution is 2.49. The molecule has 0 atom stereocenters. The van der Waals surface area contributed by atoms with Crippen molar-refractivity contribution in [3.05, 3.63) is 48.0 Å². The Labute approximate surface area is 115 Å². The monoisotopic (exact) mass is 271 g/mol. The van der Waals surface area contributed by atoms with Gasteiger partial charge in [-0.3, -0.25) is 0 Å². The number of fused-ring (bicyclic) bond motifs is 2. The van der Waals surface area contributed by atoms with E-state index in [2.05, 4.69) is 0 Å². The maximum Gasteiger partial charge on any atom is 0.416 e. The normalized spacial score (nSPS) is 12.8. The summed E-state index contributed by atoms with van der Waals surface area (Å²) in [5, 5.41) is 9.57. The van der Waals surface area contributed by atoms with Gasteiger partial charge in [0, 0.05) is 9.79 Å². The molecule has 0 spiro atoms. The fourth-order valence-corrected chi connectivity index (χ4v) is 3.47. The predicted molar refractivity (Wildman–Crippen MR) is 76.5 cm³/mol. The third-order valence-corrected chi connectivity index (χ3v) is 4.32. The van der Waals surface area contributed by atoms with Crippen LogP contribution in [0.25, 0.3) is 0 Å². The van der Waals surface area contributed by atoms with Crippen LogP contribution >= 0.6 is 11.8 Å². The van der Waals surface area contributed by atoms with Gasteiger partial charge in [-0.25, -0.2) is 9.69 Å². The summed E-state index contributed by atoms with van der Waals surface area (Å²) in [5.41, 5.74) is 2.61. The van der Waals surface area contributed by atoms with Gasteiger partial charge in [0.05, 0.1) is 11.4 Å². The molecule has 0 aromatic heterocycles. The second-order valence-electron chi connectivity index (χ2n) is 4.31. The Kier molecular flexibility index (Phi) is 2.95. The van der Waals surface area contributed by atoms with E-state index in [9.17, 15) is 9.90 Å². The zero-order chi connectivity index (χ0) is 13.4. The van der Waals surface area contributed by atoms with E-state index in [1.54, 1.807) is 11.8 Å². The van der Waals surface area contributed by atoms with Gasteiger partial charge < -0.3 is 5.11 Å². The minimum Gasteiger partial charge on any atom is -0.464 e. The molecule has 0 aliphatic carbocycles. The molecule has 2 aromatic rings. The molecular weight excluding hydrogens is 258 g/mol. The summed E-state index contributed by atoms with van der Waals surface area (Å²) < 4.78 is 0. The first-order valence-electron chi connectivity index (χ1n) is 6.14.